The predicted molar refractivity (Wildman–Crippen MR) is 100 cm³/mol. The monoisotopic (exact) mass is 368 g/mol. The van der Waals surface area contributed by atoms with Crippen LogP contribution in [-0.2, 0) is 9.47 Å². The van der Waals surface area contributed by atoms with Gasteiger partial charge in [0.15, 0.2) is 0 Å². The number of β-amino-alcohol motifs (C(OH)–C–C–N with tert-alkyl or cyclic N) is 1. The van der Waals surface area contributed by atoms with Crippen molar-refractivity contribution in [3.8, 4) is 0 Å². The predicted octanol–water partition coefficient (Wildman–Crippen LogP) is 2.35. The molecular formula is C20H36N2O4. The van der Waals surface area contributed by atoms with Gasteiger partial charge >= 0.3 is 6.09 Å². The van der Waals surface area contributed by atoms with Gasteiger partial charge in [0.1, 0.15) is 0 Å². The number of hydrogen-bond acceptors (Lipinski definition) is 5. The van der Waals surface area contributed by atoms with Crippen LogP contribution >= 0.6 is 0 Å². The summed E-state index contributed by atoms with van der Waals surface area (Å²) in [6, 6.07) is 0. The molecule has 1 heterocycles. The van der Waals surface area contributed by atoms with Gasteiger partial charge in [-0.15, -0.1) is 0 Å². The van der Waals surface area contributed by atoms with E-state index in [0.29, 0.717) is 32.8 Å². The Labute approximate surface area is 157 Å². The number of ether oxygens (including phenoxy) is 2. The SMILES string of the molecule is CCOC(=O)N1CCN(CC(O)CO[C@@H]2C(C)(C)C3CC[C@]2(C)C3)CC1. The zero-order valence-electron chi connectivity index (χ0n) is 16.9. The van der Waals surface area contributed by atoms with E-state index in [9.17, 15) is 9.90 Å². The number of aliphatic hydroxyl groups excluding tert-OH is 1. The molecule has 0 radical (unpaired) electrons. The fraction of sp³-hybridized carbons (Fsp3) is 0.950. The first kappa shape index (κ1) is 19.9. The molecule has 1 aliphatic heterocycles. The van der Waals surface area contributed by atoms with Crippen LogP contribution in [0.15, 0.2) is 0 Å². The van der Waals surface area contributed by atoms with Gasteiger partial charge in [-0.25, -0.2) is 4.79 Å². The first-order chi connectivity index (χ1) is 12.3. The van der Waals surface area contributed by atoms with Crippen LogP contribution < -0.4 is 0 Å². The second-order valence-electron chi connectivity index (χ2n) is 9.27. The van der Waals surface area contributed by atoms with Crippen molar-refractivity contribution in [2.75, 3.05) is 45.9 Å². The molecule has 2 saturated carbocycles. The highest BCUT2D eigenvalue weighted by atomic mass is 16.6. The van der Waals surface area contributed by atoms with E-state index in [-0.39, 0.29) is 23.0 Å². The lowest BCUT2D eigenvalue weighted by atomic mass is 9.70. The lowest BCUT2D eigenvalue weighted by molar-refractivity contribution is -0.114. The topological polar surface area (TPSA) is 62.2 Å². The second kappa shape index (κ2) is 7.64. The Bertz CT molecular complexity index is 499. The maximum absolute atomic E-state index is 11.7. The zero-order chi connectivity index (χ0) is 18.9. The zero-order valence-corrected chi connectivity index (χ0v) is 16.9. The number of amides is 1. The molecule has 1 N–H and O–H groups in total. The molecular weight excluding hydrogens is 332 g/mol. The molecule has 1 saturated heterocycles. The number of rotatable bonds is 6. The summed E-state index contributed by atoms with van der Waals surface area (Å²) >= 11 is 0. The summed E-state index contributed by atoms with van der Waals surface area (Å²) in [7, 11) is 0. The molecule has 3 aliphatic rings. The molecule has 6 nitrogen and oxygen atoms in total. The van der Waals surface area contributed by atoms with Crippen molar-refractivity contribution >= 4 is 6.09 Å². The number of hydrogen-bond donors (Lipinski definition) is 1. The molecule has 150 valence electrons. The smallest absolute Gasteiger partial charge is 0.409 e. The molecule has 2 bridgehead atoms. The van der Waals surface area contributed by atoms with Gasteiger partial charge in [0.05, 0.1) is 25.4 Å². The standard InChI is InChI=1S/C20H36N2O4/c1-5-25-18(24)22-10-8-21(9-11-22)13-16(23)14-26-17-19(2,3)15-6-7-20(17,4)12-15/h15-17,23H,5-14H2,1-4H3/t15?,16?,17-,20-/m1/s1. The minimum Gasteiger partial charge on any atom is -0.450 e. The van der Waals surface area contributed by atoms with Crippen molar-refractivity contribution in [3.63, 3.8) is 0 Å². The third-order valence-corrected chi connectivity index (χ3v) is 6.96. The molecule has 0 aromatic rings. The number of fused-ring (bicyclic) bond motifs is 2. The Morgan fingerprint density at radius 2 is 1.92 bits per heavy atom. The molecule has 2 unspecified atom stereocenters. The van der Waals surface area contributed by atoms with Crippen molar-refractivity contribution < 1.29 is 19.4 Å². The van der Waals surface area contributed by atoms with Crippen LogP contribution in [0.3, 0.4) is 0 Å². The van der Waals surface area contributed by atoms with Crippen molar-refractivity contribution in [2.45, 2.75) is 59.2 Å². The van der Waals surface area contributed by atoms with Gasteiger partial charge in [-0.3, -0.25) is 4.90 Å². The Morgan fingerprint density at radius 1 is 1.23 bits per heavy atom. The van der Waals surface area contributed by atoms with Gasteiger partial charge in [0, 0.05) is 32.7 Å². The molecule has 4 atom stereocenters. The van der Waals surface area contributed by atoms with Gasteiger partial charge in [-0.2, -0.15) is 0 Å². The van der Waals surface area contributed by atoms with Crippen molar-refractivity contribution in [1.29, 1.82) is 0 Å². The summed E-state index contributed by atoms with van der Waals surface area (Å²) in [5, 5.41) is 10.5. The lowest BCUT2D eigenvalue weighted by Gasteiger charge is -2.43. The first-order valence-corrected chi connectivity index (χ1v) is 10.2. The summed E-state index contributed by atoms with van der Waals surface area (Å²) in [4.78, 5) is 15.7. The van der Waals surface area contributed by atoms with Crippen molar-refractivity contribution in [2.24, 2.45) is 16.7 Å². The molecule has 0 spiro atoms. The van der Waals surface area contributed by atoms with Crippen molar-refractivity contribution in [3.05, 3.63) is 0 Å². The fourth-order valence-corrected chi connectivity index (χ4v) is 5.56. The lowest BCUT2D eigenvalue weighted by Crippen LogP contribution is -2.51. The van der Waals surface area contributed by atoms with Gasteiger partial charge in [-0.05, 0) is 42.9 Å². The molecule has 0 aromatic carbocycles. The van der Waals surface area contributed by atoms with Crippen LogP contribution in [0.25, 0.3) is 0 Å². The molecule has 6 heteroatoms. The third kappa shape index (κ3) is 3.87. The molecule has 26 heavy (non-hydrogen) atoms. The molecule has 0 aromatic heterocycles. The van der Waals surface area contributed by atoms with Crippen LogP contribution in [0.1, 0.15) is 47.0 Å². The second-order valence-corrected chi connectivity index (χ2v) is 9.27. The Hall–Kier alpha value is -0.850. The summed E-state index contributed by atoms with van der Waals surface area (Å²) in [5.41, 5.74) is 0.483. The highest BCUT2D eigenvalue weighted by Gasteiger charge is 2.60. The summed E-state index contributed by atoms with van der Waals surface area (Å²) in [6.07, 6.45) is 3.35. The number of carbonyl (C=O) groups excluding carboxylic acids is 1. The molecule has 3 rings (SSSR count). The largest absolute Gasteiger partial charge is 0.450 e. The van der Waals surface area contributed by atoms with Gasteiger partial charge < -0.3 is 19.5 Å². The number of aliphatic hydroxyl groups is 1. The normalized spacial score (nSPS) is 34.9. The maximum atomic E-state index is 11.7. The maximum Gasteiger partial charge on any atom is 0.409 e. The molecule has 3 fully saturated rings. The van der Waals surface area contributed by atoms with Gasteiger partial charge in [0.2, 0.25) is 0 Å². The Kier molecular flexibility index (Phi) is 5.85. The highest BCUT2D eigenvalue weighted by Crippen LogP contribution is 2.63. The minimum atomic E-state index is -0.484. The van der Waals surface area contributed by atoms with Crippen molar-refractivity contribution in [1.82, 2.24) is 9.80 Å². The quantitative estimate of drug-likeness (QED) is 0.780. The number of piperazine rings is 1. The van der Waals surface area contributed by atoms with Crippen LogP contribution in [0, 0.1) is 16.7 Å². The van der Waals surface area contributed by atoms with E-state index in [1.165, 1.54) is 19.3 Å². The van der Waals surface area contributed by atoms with E-state index < -0.39 is 6.10 Å². The Balaban J connectivity index is 1.41. The summed E-state index contributed by atoms with van der Waals surface area (Å²) in [6.45, 7) is 13.1. The Morgan fingerprint density at radius 3 is 2.50 bits per heavy atom. The number of carbonyl (C=O) groups is 1. The van der Waals surface area contributed by atoms with Crippen LogP contribution in [-0.4, -0.2) is 79.1 Å². The van der Waals surface area contributed by atoms with Crippen LogP contribution in [0.2, 0.25) is 0 Å². The average molecular weight is 369 g/mol. The van der Waals surface area contributed by atoms with E-state index in [0.717, 1.165) is 19.0 Å². The highest BCUT2D eigenvalue weighted by molar-refractivity contribution is 5.67. The van der Waals surface area contributed by atoms with Gasteiger partial charge in [0.25, 0.3) is 0 Å². The number of nitrogens with zero attached hydrogens (tertiary/aromatic N) is 2. The van der Waals surface area contributed by atoms with E-state index in [1.807, 2.05) is 6.92 Å². The van der Waals surface area contributed by atoms with E-state index in [2.05, 4.69) is 25.7 Å². The summed E-state index contributed by atoms with van der Waals surface area (Å²) in [5.74, 6) is 0.755. The minimum absolute atomic E-state index is 0.206. The first-order valence-electron chi connectivity index (χ1n) is 10.2. The van der Waals surface area contributed by atoms with Crippen LogP contribution in [0.4, 0.5) is 4.79 Å². The van der Waals surface area contributed by atoms with E-state index >= 15 is 0 Å². The van der Waals surface area contributed by atoms with E-state index in [1.54, 1.807) is 4.90 Å². The van der Waals surface area contributed by atoms with E-state index in [4.69, 9.17) is 9.47 Å². The fourth-order valence-electron chi connectivity index (χ4n) is 5.56. The average Bonchev–Trinajstić information content (AvgIpc) is 3.06. The third-order valence-electron chi connectivity index (χ3n) is 6.96. The molecule has 2 aliphatic carbocycles. The summed E-state index contributed by atoms with van der Waals surface area (Å²) < 4.78 is 11.3. The van der Waals surface area contributed by atoms with Gasteiger partial charge in [-0.1, -0.05) is 20.8 Å². The molecule has 1 amide bonds. The van der Waals surface area contributed by atoms with Crippen LogP contribution in [0.5, 0.6) is 0 Å².